The zero-order valence-electron chi connectivity index (χ0n) is 27.7. The van der Waals surface area contributed by atoms with Crippen LogP contribution in [0, 0.1) is 0 Å². The number of nitrogens with one attached hydrogen (secondary N) is 2. The van der Waals surface area contributed by atoms with Gasteiger partial charge in [0.1, 0.15) is 12.4 Å². The molecule has 2 aliphatic rings. The lowest BCUT2D eigenvalue weighted by molar-refractivity contribution is 0.0245. The molecule has 0 aromatic heterocycles. The van der Waals surface area contributed by atoms with Gasteiger partial charge in [0.15, 0.2) is 11.5 Å². The standard InChI is InChI=1S/C38H43N3O8/c1-44-37-26-29(4-11-36(37)49-23-22-47-21-20-46-19-15-42)28-3-9-32-34(25-28)39-33-10-2-27(24-35(33)40-38(32)43)12-16-48-31-7-5-30(6-8-31)41-13-17-45-18-14-41/h2-11,24-26,39,42H,12-23H2,1H3,(H,40,43). The summed E-state index contributed by atoms with van der Waals surface area (Å²) in [7, 11) is 1.60. The quantitative estimate of drug-likeness (QED) is 0.131. The number of nitrogens with zero attached hydrogens (tertiary/aromatic N) is 1. The van der Waals surface area contributed by atoms with Crippen LogP contribution < -0.4 is 29.7 Å². The Labute approximate surface area is 286 Å². The third kappa shape index (κ3) is 9.01. The molecule has 0 radical (unpaired) electrons. The van der Waals surface area contributed by atoms with E-state index in [1.165, 1.54) is 5.69 Å². The minimum absolute atomic E-state index is 0.00447. The number of hydrogen-bond donors (Lipinski definition) is 3. The van der Waals surface area contributed by atoms with Crippen LogP contribution in [0.2, 0.25) is 0 Å². The molecule has 4 aromatic rings. The highest BCUT2D eigenvalue weighted by Gasteiger charge is 2.20. The molecule has 2 heterocycles. The molecule has 0 aliphatic carbocycles. The van der Waals surface area contributed by atoms with Crippen molar-refractivity contribution < 1.29 is 38.3 Å². The molecule has 3 N–H and O–H groups in total. The van der Waals surface area contributed by atoms with Crippen LogP contribution in [0.25, 0.3) is 11.1 Å². The number of benzene rings is 4. The normalized spacial score (nSPS) is 13.8. The largest absolute Gasteiger partial charge is 0.493 e. The second-order valence-corrected chi connectivity index (χ2v) is 11.6. The molecule has 49 heavy (non-hydrogen) atoms. The van der Waals surface area contributed by atoms with Gasteiger partial charge in [-0.1, -0.05) is 18.2 Å². The number of ether oxygens (including phenoxy) is 6. The van der Waals surface area contributed by atoms with Crippen molar-refractivity contribution >= 4 is 28.7 Å². The second-order valence-electron chi connectivity index (χ2n) is 11.6. The zero-order valence-corrected chi connectivity index (χ0v) is 27.7. The molecule has 2 aliphatic heterocycles. The number of aliphatic hydroxyl groups excluding tert-OH is 1. The van der Waals surface area contributed by atoms with Gasteiger partial charge in [0.05, 0.1) is 82.6 Å². The van der Waals surface area contributed by atoms with Gasteiger partial charge in [0, 0.05) is 25.2 Å². The van der Waals surface area contributed by atoms with Crippen LogP contribution in [0.5, 0.6) is 17.2 Å². The molecule has 1 amide bonds. The average Bonchev–Trinajstić information content (AvgIpc) is 3.28. The molecule has 0 spiro atoms. The Morgan fingerprint density at radius 3 is 2.27 bits per heavy atom. The lowest BCUT2D eigenvalue weighted by Crippen LogP contribution is -2.36. The van der Waals surface area contributed by atoms with Crippen molar-refractivity contribution in [2.75, 3.05) is 95.2 Å². The van der Waals surface area contributed by atoms with Crippen molar-refractivity contribution in [1.82, 2.24) is 0 Å². The lowest BCUT2D eigenvalue weighted by Gasteiger charge is -2.28. The van der Waals surface area contributed by atoms with E-state index in [-0.39, 0.29) is 12.5 Å². The van der Waals surface area contributed by atoms with Crippen molar-refractivity contribution in [1.29, 1.82) is 0 Å². The van der Waals surface area contributed by atoms with Gasteiger partial charge in [-0.3, -0.25) is 4.79 Å². The number of anilines is 4. The van der Waals surface area contributed by atoms with Crippen molar-refractivity contribution in [3.8, 4) is 28.4 Å². The molecular weight excluding hydrogens is 626 g/mol. The minimum Gasteiger partial charge on any atom is -0.493 e. The van der Waals surface area contributed by atoms with Gasteiger partial charge in [-0.2, -0.15) is 0 Å². The highest BCUT2D eigenvalue weighted by molar-refractivity contribution is 6.12. The van der Waals surface area contributed by atoms with E-state index >= 15 is 0 Å². The summed E-state index contributed by atoms with van der Waals surface area (Å²) in [5, 5.41) is 15.3. The van der Waals surface area contributed by atoms with E-state index in [2.05, 4.69) is 33.7 Å². The molecule has 258 valence electrons. The predicted octanol–water partition coefficient (Wildman–Crippen LogP) is 5.53. The van der Waals surface area contributed by atoms with Gasteiger partial charge in [0.25, 0.3) is 5.91 Å². The topological polar surface area (TPSA) is 120 Å². The highest BCUT2D eigenvalue weighted by Crippen LogP contribution is 2.37. The summed E-state index contributed by atoms with van der Waals surface area (Å²) >= 11 is 0. The van der Waals surface area contributed by atoms with Crippen LogP contribution in [0.3, 0.4) is 0 Å². The summed E-state index contributed by atoms with van der Waals surface area (Å²) < 4.78 is 33.7. The van der Waals surface area contributed by atoms with Crippen molar-refractivity contribution in [2.24, 2.45) is 0 Å². The Morgan fingerprint density at radius 1 is 0.714 bits per heavy atom. The van der Waals surface area contributed by atoms with E-state index in [9.17, 15) is 4.79 Å². The number of rotatable bonds is 16. The summed E-state index contributed by atoms with van der Waals surface area (Å²) in [5.41, 5.74) is 6.88. The Morgan fingerprint density at radius 2 is 1.47 bits per heavy atom. The SMILES string of the molecule is COc1cc(-c2ccc3c(c2)Nc2ccc(CCOc4ccc(N5CCOCC5)cc4)cc2NC3=O)ccc1OCCOCCOCCO. The smallest absolute Gasteiger partial charge is 0.257 e. The number of morpholine rings is 1. The first-order chi connectivity index (χ1) is 24.1. The molecule has 11 nitrogen and oxygen atoms in total. The Hall–Kier alpha value is -4.81. The van der Waals surface area contributed by atoms with Crippen LogP contribution >= 0.6 is 0 Å². The fraction of sp³-hybridized carbons (Fsp3) is 0.342. The minimum atomic E-state index is -0.176. The van der Waals surface area contributed by atoms with Crippen LogP contribution in [0.4, 0.5) is 22.7 Å². The summed E-state index contributed by atoms with van der Waals surface area (Å²) in [6, 6.07) is 25.7. The Balaban J connectivity index is 1.05. The number of aliphatic hydroxyl groups is 1. The summed E-state index contributed by atoms with van der Waals surface area (Å²) in [4.78, 5) is 15.6. The molecular formula is C38H43N3O8. The molecule has 0 atom stereocenters. The zero-order chi connectivity index (χ0) is 33.8. The number of fused-ring (bicyclic) bond motifs is 2. The van der Waals surface area contributed by atoms with Crippen molar-refractivity contribution in [3.05, 3.63) is 90.0 Å². The predicted molar refractivity (Wildman–Crippen MR) is 189 cm³/mol. The molecule has 0 bridgehead atoms. The number of carbonyl (C=O) groups is 1. The van der Waals surface area contributed by atoms with Crippen LogP contribution in [0.15, 0.2) is 78.9 Å². The first-order valence-electron chi connectivity index (χ1n) is 16.6. The maximum atomic E-state index is 13.3. The van der Waals surface area contributed by atoms with Gasteiger partial charge in [-0.15, -0.1) is 0 Å². The van der Waals surface area contributed by atoms with Crippen molar-refractivity contribution in [2.45, 2.75) is 6.42 Å². The molecule has 1 saturated heterocycles. The number of amides is 1. The fourth-order valence-corrected chi connectivity index (χ4v) is 5.74. The maximum Gasteiger partial charge on any atom is 0.257 e. The van der Waals surface area contributed by atoms with E-state index < -0.39 is 0 Å². The third-order valence-corrected chi connectivity index (χ3v) is 8.33. The van der Waals surface area contributed by atoms with E-state index in [1.54, 1.807) is 7.11 Å². The lowest BCUT2D eigenvalue weighted by atomic mass is 10.0. The Bertz CT molecular complexity index is 1690. The monoisotopic (exact) mass is 669 g/mol. The van der Waals surface area contributed by atoms with Crippen LogP contribution in [-0.4, -0.2) is 90.7 Å². The number of hydrogen-bond acceptors (Lipinski definition) is 10. The third-order valence-electron chi connectivity index (χ3n) is 8.33. The molecule has 4 aromatic carbocycles. The molecule has 6 rings (SSSR count). The van der Waals surface area contributed by atoms with Gasteiger partial charge in [-0.25, -0.2) is 0 Å². The summed E-state index contributed by atoms with van der Waals surface area (Å²) in [6.07, 6.45) is 0.695. The number of methoxy groups -OCH3 is 1. The average molecular weight is 670 g/mol. The van der Waals surface area contributed by atoms with E-state index in [0.717, 1.165) is 60.1 Å². The first-order valence-corrected chi connectivity index (χ1v) is 16.6. The highest BCUT2D eigenvalue weighted by atomic mass is 16.6. The first kappa shape index (κ1) is 34.1. The fourth-order valence-electron chi connectivity index (χ4n) is 5.74. The second kappa shape index (κ2) is 17.0. The van der Waals surface area contributed by atoms with Gasteiger partial charge >= 0.3 is 0 Å². The van der Waals surface area contributed by atoms with Crippen LogP contribution in [0.1, 0.15) is 15.9 Å². The summed E-state index contributed by atoms with van der Waals surface area (Å²) in [6.45, 7) is 5.73. The van der Waals surface area contributed by atoms with Gasteiger partial charge in [0.2, 0.25) is 0 Å². The van der Waals surface area contributed by atoms with Gasteiger partial charge in [-0.05, 0) is 77.4 Å². The maximum absolute atomic E-state index is 13.3. The molecule has 0 unspecified atom stereocenters. The molecule has 1 fully saturated rings. The van der Waals surface area contributed by atoms with Crippen molar-refractivity contribution in [3.63, 3.8) is 0 Å². The van der Waals surface area contributed by atoms with Crippen LogP contribution in [-0.2, 0) is 20.6 Å². The van der Waals surface area contributed by atoms with Gasteiger partial charge < -0.3 is 49.1 Å². The molecule has 0 saturated carbocycles. The Kier molecular flexibility index (Phi) is 11.8. The van der Waals surface area contributed by atoms with E-state index in [0.29, 0.717) is 68.8 Å². The number of carbonyl (C=O) groups excluding carboxylic acids is 1. The molecule has 11 heteroatoms. The van der Waals surface area contributed by atoms with E-state index in [1.807, 2.05) is 60.7 Å². The summed E-state index contributed by atoms with van der Waals surface area (Å²) in [5.74, 6) is 1.85. The van der Waals surface area contributed by atoms with E-state index in [4.69, 9.17) is 33.5 Å².